The van der Waals surface area contributed by atoms with Gasteiger partial charge in [0.25, 0.3) is 0 Å². The van der Waals surface area contributed by atoms with Gasteiger partial charge in [0.05, 0.1) is 6.04 Å². The summed E-state index contributed by atoms with van der Waals surface area (Å²) in [5, 5.41) is 3.23. The third-order valence-corrected chi connectivity index (χ3v) is 3.82. The minimum absolute atomic E-state index is 0.156. The Morgan fingerprint density at radius 2 is 2.09 bits per heavy atom. The molecule has 0 spiro atoms. The molecule has 3 heterocycles. The molecule has 0 saturated carbocycles. The predicted molar refractivity (Wildman–Crippen MR) is 71.6 cm³/mol. The molecule has 22 heavy (non-hydrogen) atoms. The number of hydrogen-bond acceptors (Lipinski definition) is 6. The molecule has 2 saturated heterocycles. The van der Waals surface area contributed by atoms with Crippen LogP contribution in [0.1, 0.15) is 6.42 Å². The van der Waals surface area contributed by atoms with Crippen LogP contribution in [0.3, 0.4) is 0 Å². The maximum atomic E-state index is 12.2. The summed E-state index contributed by atoms with van der Waals surface area (Å²) in [4.78, 5) is 29.2. The quantitative estimate of drug-likeness (QED) is 0.721. The molecule has 1 aromatic heterocycles. The lowest BCUT2D eigenvalue weighted by Crippen LogP contribution is -2.50. The third kappa shape index (κ3) is 2.73. The summed E-state index contributed by atoms with van der Waals surface area (Å²) in [6, 6.07) is 1.12. The van der Waals surface area contributed by atoms with Crippen LogP contribution in [0.15, 0.2) is 24.5 Å². The fourth-order valence-electron chi connectivity index (χ4n) is 2.58. The van der Waals surface area contributed by atoms with Crippen LogP contribution in [0.25, 0.3) is 0 Å². The Balaban J connectivity index is 1.68. The fraction of sp³-hybridized carbons (Fsp3) is 0.364. The van der Waals surface area contributed by atoms with Crippen molar-refractivity contribution in [2.45, 2.75) is 18.5 Å². The molecule has 2 bridgehead atoms. The van der Waals surface area contributed by atoms with Crippen molar-refractivity contribution in [3.63, 3.8) is 0 Å². The first-order valence-corrected chi connectivity index (χ1v) is 7.69. The van der Waals surface area contributed by atoms with Crippen molar-refractivity contribution >= 4 is 28.0 Å². The lowest BCUT2D eigenvalue weighted by Gasteiger charge is -2.29. The second kappa shape index (κ2) is 5.19. The average Bonchev–Trinajstić information content (AvgIpc) is 2.99. The summed E-state index contributed by atoms with van der Waals surface area (Å²) in [7, 11) is -4.78. The SMILES string of the molecule is O=C(Nc1ccncc1)[C@@H]1C[C@H]2CN1C(=O)N2OS(=O)(=O)O. The first-order chi connectivity index (χ1) is 10.3. The molecule has 10 nitrogen and oxygen atoms in total. The van der Waals surface area contributed by atoms with Crippen molar-refractivity contribution < 1.29 is 26.8 Å². The predicted octanol–water partition coefficient (Wildman–Crippen LogP) is -0.367. The normalized spacial score (nSPS) is 24.0. The van der Waals surface area contributed by atoms with Gasteiger partial charge in [-0.1, -0.05) is 0 Å². The molecule has 11 heteroatoms. The molecule has 118 valence electrons. The zero-order valence-electron chi connectivity index (χ0n) is 11.1. The van der Waals surface area contributed by atoms with E-state index in [0.717, 1.165) is 0 Å². The van der Waals surface area contributed by atoms with E-state index in [1.165, 1.54) is 17.3 Å². The molecule has 0 radical (unpaired) electrons. The number of urea groups is 1. The lowest BCUT2D eigenvalue weighted by atomic mass is 10.1. The Morgan fingerprint density at radius 3 is 2.68 bits per heavy atom. The number of fused-ring (bicyclic) bond motifs is 2. The van der Waals surface area contributed by atoms with Gasteiger partial charge in [-0.3, -0.25) is 14.3 Å². The number of aromatic nitrogens is 1. The standard InChI is InChI=1S/C11H12N4O6S/c16-10(13-7-1-3-12-4-2-7)9-5-8-6-14(9)11(17)15(8)21-22(18,19)20/h1-4,8-9H,5-6H2,(H,12,13,16)(H,18,19,20)/t8-,9-/m0/s1. The number of pyridine rings is 1. The van der Waals surface area contributed by atoms with E-state index in [2.05, 4.69) is 14.6 Å². The molecule has 2 atom stereocenters. The van der Waals surface area contributed by atoms with Crippen molar-refractivity contribution in [2.75, 3.05) is 11.9 Å². The molecule has 2 N–H and O–H groups in total. The number of carbonyl (C=O) groups is 2. The number of hydrogen-bond donors (Lipinski definition) is 2. The Hall–Kier alpha value is -2.24. The van der Waals surface area contributed by atoms with Crippen LogP contribution < -0.4 is 5.32 Å². The van der Waals surface area contributed by atoms with Crippen LogP contribution in [-0.4, -0.2) is 58.5 Å². The van der Waals surface area contributed by atoms with Gasteiger partial charge in [-0.2, -0.15) is 13.5 Å². The molecule has 3 amide bonds. The van der Waals surface area contributed by atoms with Crippen molar-refractivity contribution in [1.82, 2.24) is 14.9 Å². The highest BCUT2D eigenvalue weighted by molar-refractivity contribution is 7.80. The average molecular weight is 328 g/mol. The summed E-state index contributed by atoms with van der Waals surface area (Å²) < 4.78 is 34.3. The summed E-state index contributed by atoms with van der Waals surface area (Å²) in [6.07, 6.45) is 3.24. The van der Waals surface area contributed by atoms with Gasteiger partial charge in [0.1, 0.15) is 6.04 Å². The highest BCUT2D eigenvalue weighted by Crippen LogP contribution is 2.32. The zero-order chi connectivity index (χ0) is 15.9. The third-order valence-electron chi connectivity index (χ3n) is 3.47. The van der Waals surface area contributed by atoms with E-state index in [0.29, 0.717) is 10.8 Å². The van der Waals surface area contributed by atoms with Gasteiger partial charge in [0, 0.05) is 31.0 Å². The van der Waals surface area contributed by atoms with E-state index in [1.807, 2.05) is 0 Å². The summed E-state index contributed by atoms with van der Waals surface area (Å²) in [5.41, 5.74) is 0.544. The van der Waals surface area contributed by atoms with Gasteiger partial charge in [0.2, 0.25) is 5.91 Å². The number of hydroxylamine groups is 2. The molecular formula is C11H12N4O6S. The highest BCUT2D eigenvalue weighted by atomic mass is 32.3. The van der Waals surface area contributed by atoms with Gasteiger partial charge in [-0.15, -0.1) is 4.28 Å². The molecule has 1 aromatic rings. The molecule has 3 rings (SSSR count). The highest BCUT2D eigenvalue weighted by Gasteiger charge is 2.53. The van der Waals surface area contributed by atoms with Gasteiger partial charge < -0.3 is 10.2 Å². The van der Waals surface area contributed by atoms with Crippen molar-refractivity contribution in [1.29, 1.82) is 0 Å². The number of nitrogens with zero attached hydrogens (tertiary/aromatic N) is 3. The van der Waals surface area contributed by atoms with E-state index < -0.39 is 28.5 Å². The van der Waals surface area contributed by atoms with Crippen LogP contribution in [0, 0.1) is 0 Å². The number of amides is 3. The van der Waals surface area contributed by atoms with Gasteiger partial charge >= 0.3 is 16.4 Å². The monoisotopic (exact) mass is 328 g/mol. The lowest BCUT2D eigenvalue weighted by molar-refractivity contribution is -0.121. The van der Waals surface area contributed by atoms with Crippen molar-refractivity contribution in [3.8, 4) is 0 Å². The van der Waals surface area contributed by atoms with Gasteiger partial charge in [-0.05, 0) is 12.1 Å². The molecule has 0 aliphatic carbocycles. The van der Waals surface area contributed by atoms with Crippen LogP contribution in [0.5, 0.6) is 0 Å². The largest absolute Gasteiger partial charge is 0.418 e. The topological polar surface area (TPSA) is 129 Å². The summed E-state index contributed by atoms with van der Waals surface area (Å²) >= 11 is 0. The van der Waals surface area contributed by atoms with Gasteiger partial charge in [-0.25, -0.2) is 4.79 Å². The number of nitrogens with one attached hydrogen (secondary N) is 1. The van der Waals surface area contributed by atoms with E-state index in [1.54, 1.807) is 12.1 Å². The van der Waals surface area contributed by atoms with E-state index in [-0.39, 0.29) is 18.9 Å². The van der Waals surface area contributed by atoms with Crippen LogP contribution in [-0.2, 0) is 19.5 Å². The first-order valence-electron chi connectivity index (χ1n) is 6.33. The van der Waals surface area contributed by atoms with Crippen LogP contribution in [0.4, 0.5) is 10.5 Å². The Bertz CT molecular complexity index is 709. The molecular weight excluding hydrogens is 316 g/mol. The van der Waals surface area contributed by atoms with Crippen molar-refractivity contribution in [2.24, 2.45) is 0 Å². The van der Waals surface area contributed by atoms with E-state index in [4.69, 9.17) is 4.55 Å². The van der Waals surface area contributed by atoms with Crippen LogP contribution in [0.2, 0.25) is 0 Å². The van der Waals surface area contributed by atoms with E-state index >= 15 is 0 Å². The Morgan fingerprint density at radius 1 is 1.41 bits per heavy atom. The maximum Gasteiger partial charge on any atom is 0.418 e. The summed E-state index contributed by atoms with van der Waals surface area (Å²) in [5.74, 6) is -0.381. The number of rotatable bonds is 4. The number of anilines is 1. The minimum atomic E-state index is -4.78. The summed E-state index contributed by atoms with van der Waals surface area (Å²) in [6.45, 7) is 0.156. The fourth-order valence-corrected chi connectivity index (χ4v) is 2.97. The van der Waals surface area contributed by atoms with Gasteiger partial charge in [0.15, 0.2) is 0 Å². The maximum absolute atomic E-state index is 12.2. The van der Waals surface area contributed by atoms with Crippen LogP contribution >= 0.6 is 0 Å². The molecule has 0 aromatic carbocycles. The Kier molecular flexibility index (Phi) is 3.47. The molecule has 2 aliphatic rings. The minimum Gasteiger partial charge on any atom is -0.324 e. The zero-order valence-corrected chi connectivity index (χ0v) is 11.9. The molecule has 2 aliphatic heterocycles. The van der Waals surface area contributed by atoms with Crippen molar-refractivity contribution in [3.05, 3.63) is 24.5 Å². The second-order valence-corrected chi connectivity index (χ2v) is 5.90. The molecule has 2 fully saturated rings. The first kappa shape index (κ1) is 14.7. The smallest absolute Gasteiger partial charge is 0.324 e. The van der Waals surface area contributed by atoms with E-state index in [9.17, 15) is 18.0 Å². The molecule has 0 unspecified atom stereocenters. The number of carbonyl (C=O) groups excluding carboxylic acids is 2. The second-order valence-electron chi connectivity index (χ2n) is 4.89. The Labute approximate surface area is 125 Å².